The van der Waals surface area contributed by atoms with E-state index in [9.17, 15) is 0 Å². The normalized spacial score (nSPS) is 11.2. The number of rotatable bonds is 2. The van der Waals surface area contributed by atoms with Crippen molar-refractivity contribution in [2.45, 2.75) is 26.8 Å². The molecule has 0 fully saturated rings. The lowest BCUT2D eigenvalue weighted by Gasteiger charge is -1.97. The van der Waals surface area contributed by atoms with E-state index in [4.69, 9.17) is 21.8 Å². The standard InChI is InChI=1S/C12H14ClNO/c1-3-9-10-5-8(13)4-7(2)12(10)15-11(9)6-14/h4-5H,3,6,14H2,1-2H3. The Labute approximate surface area is 94.0 Å². The topological polar surface area (TPSA) is 39.2 Å². The number of aryl methyl sites for hydroxylation is 2. The minimum absolute atomic E-state index is 0.439. The van der Waals surface area contributed by atoms with Gasteiger partial charge in [-0.05, 0) is 31.0 Å². The summed E-state index contributed by atoms with van der Waals surface area (Å²) >= 11 is 6.03. The van der Waals surface area contributed by atoms with Gasteiger partial charge in [0.1, 0.15) is 11.3 Å². The van der Waals surface area contributed by atoms with Gasteiger partial charge in [-0.1, -0.05) is 18.5 Å². The van der Waals surface area contributed by atoms with Crippen LogP contribution in [0.25, 0.3) is 11.0 Å². The number of nitrogens with two attached hydrogens (primary N) is 1. The van der Waals surface area contributed by atoms with Crippen LogP contribution in [0, 0.1) is 6.92 Å². The van der Waals surface area contributed by atoms with E-state index in [-0.39, 0.29) is 0 Å². The Balaban J connectivity index is 2.82. The molecule has 2 nitrogen and oxygen atoms in total. The largest absolute Gasteiger partial charge is 0.459 e. The molecule has 0 spiro atoms. The van der Waals surface area contributed by atoms with Crippen molar-refractivity contribution >= 4 is 22.6 Å². The second kappa shape index (κ2) is 3.87. The average Bonchev–Trinajstić information content (AvgIpc) is 2.55. The molecule has 15 heavy (non-hydrogen) atoms. The first kappa shape index (κ1) is 10.5. The summed E-state index contributed by atoms with van der Waals surface area (Å²) in [5.74, 6) is 0.873. The summed E-state index contributed by atoms with van der Waals surface area (Å²) in [6.45, 7) is 4.53. The molecule has 0 saturated carbocycles. The lowest BCUT2D eigenvalue weighted by Crippen LogP contribution is -1.97. The zero-order valence-electron chi connectivity index (χ0n) is 8.93. The quantitative estimate of drug-likeness (QED) is 0.848. The summed E-state index contributed by atoms with van der Waals surface area (Å²) in [6.07, 6.45) is 0.916. The van der Waals surface area contributed by atoms with Gasteiger partial charge in [-0.3, -0.25) is 0 Å². The van der Waals surface area contributed by atoms with Crippen LogP contribution in [0.3, 0.4) is 0 Å². The molecule has 0 bridgehead atoms. The molecule has 2 aromatic rings. The van der Waals surface area contributed by atoms with E-state index >= 15 is 0 Å². The first-order chi connectivity index (χ1) is 7.17. The van der Waals surface area contributed by atoms with Gasteiger partial charge in [-0.15, -0.1) is 0 Å². The third kappa shape index (κ3) is 1.64. The monoisotopic (exact) mass is 223 g/mol. The van der Waals surface area contributed by atoms with E-state index < -0.39 is 0 Å². The number of benzene rings is 1. The van der Waals surface area contributed by atoms with Crippen LogP contribution >= 0.6 is 11.6 Å². The summed E-state index contributed by atoms with van der Waals surface area (Å²) in [5, 5.41) is 1.85. The zero-order valence-corrected chi connectivity index (χ0v) is 9.69. The molecule has 0 saturated heterocycles. The van der Waals surface area contributed by atoms with Crippen molar-refractivity contribution in [2.75, 3.05) is 0 Å². The first-order valence-corrected chi connectivity index (χ1v) is 5.45. The summed E-state index contributed by atoms with van der Waals surface area (Å²) < 4.78 is 5.74. The van der Waals surface area contributed by atoms with Crippen molar-refractivity contribution in [3.63, 3.8) is 0 Å². The lowest BCUT2D eigenvalue weighted by atomic mass is 10.1. The molecule has 0 aliphatic heterocycles. The van der Waals surface area contributed by atoms with Crippen molar-refractivity contribution < 1.29 is 4.42 Å². The molecule has 1 aromatic heterocycles. The van der Waals surface area contributed by atoms with Crippen LogP contribution < -0.4 is 5.73 Å². The average molecular weight is 224 g/mol. The van der Waals surface area contributed by atoms with Gasteiger partial charge in [0.05, 0.1) is 6.54 Å². The number of fused-ring (bicyclic) bond motifs is 1. The maximum absolute atomic E-state index is 6.03. The molecule has 0 aliphatic carbocycles. The molecule has 2 rings (SSSR count). The van der Waals surface area contributed by atoms with Crippen LogP contribution in [-0.4, -0.2) is 0 Å². The molecular weight excluding hydrogens is 210 g/mol. The fraction of sp³-hybridized carbons (Fsp3) is 0.333. The Morgan fingerprint density at radius 1 is 1.40 bits per heavy atom. The number of hydrogen-bond donors (Lipinski definition) is 1. The van der Waals surface area contributed by atoms with Gasteiger partial charge in [0, 0.05) is 16.0 Å². The SMILES string of the molecule is CCc1c(CN)oc2c(C)cc(Cl)cc12. The maximum Gasteiger partial charge on any atom is 0.137 e. The molecule has 0 amide bonds. The van der Waals surface area contributed by atoms with Crippen molar-refractivity contribution in [1.82, 2.24) is 0 Å². The third-order valence-electron chi connectivity index (χ3n) is 2.67. The number of halogens is 1. The summed E-state index contributed by atoms with van der Waals surface area (Å²) in [6, 6.07) is 3.86. The molecule has 0 unspecified atom stereocenters. The van der Waals surface area contributed by atoms with Crippen molar-refractivity contribution in [2.24, 2.45) is 5.73 Å². The maximum atomic E-state index is 6.03. The zero-order chi connectivity index (χ0) is 11.0. The predicted octanol–water partition coefficient (Wildman–Crippen LogP) is 3.42. The molecule has 1 aromatic carbocycles. The summed E-state index contributed by atoms with van der Waals surface area (Å²) in [7, 11) is 0. The van der Waals surface area contributed by atoms with Gasteiger partial charge in [0.25, 0.3) is 0 Å². The Bertz CT molecular complexity index is 502. The summed E-state index contributed by atoms with van der Waals surface area (Å²) in [5.41, 5.74) is 8.81. The second-order valence-electron chi connectivity index (χ2n) is 3.66. The van der Waals surface area contributed by atoms with Gasteiger partial charge in [-0.25, -0.2) is 0 Å². The second-order valence-corrected chi connectivity index (χ2v) is 4.10. The highest BCUT2D eigenvalue weighted by molar-refractivity contribution is 6.31. The van der Waals surface area contributed by atoms with Gasteiger partial charge in [0.2, 0.25) is 0 Å². The van der Waals surface area contributed by atoms with Gasteiger partial charge in [-0.2, -0.15) is 0 Å². The Morgan fingerprint density at radius 3 is 2.73 bits per heavy atom. The van der Waals surface area contributed by atoms with Gasteiger partial charge in [0.15, 0.2) is 0 Å². The molecule has 80 valence electrons. The minimum Gasteiger partial charge on any atom is -0.459 e. The van der Waals surface area contributed by atoms with Gasteiger partial charge >= 0.3 is 0 Å². The van der Waals surface area contributed by atoms with Crippen LogP contribution in [0.15, 0.2) is 16.5 Å². The Morgan fingerprint density at radius 2 is 2.13 bits per heavy atom. The van der Waals surface area contributed by atoms with E-state index in [0.29, 0.717) is 6.54 Å². The molecule has 0 aliphatic rings. The van der Waals surface area contributed by atoms with E-state index in [1.54, 1.807) is 0 Å². The molecular formula is C12H14ClNO. The van der Waals surface area contributed by atoms with E-state index in [0.717, 1.165) is 33.7 Å². The van der Waals surface area contributed by atoms with Crippen LogP contribution in [0.5, 0.6) is 0 Å². The first-order valence-electron chi connectivity index (χ1n) is 5.07. The van der Waals surface area contributed by atoms with Gasteiger partial charge < -0.3 is 10.2 Å². The highest BCUT2D eigenvalue weighted by Crippen LogP contribution is 2.31. The van der Waals surface area contributed by atoms with Crippen molar-refractivity contribution in [3.05, 3.63) is 34.0 Å². The fourth-order valence-corrected chi connectivity index (χ4v) is 2.25. The van der Waals surface area contributed by atoms with Crippen LogP contribution in [0.4, 0.5) is 0 Å². The van der Waals surface area contributed by atoms with Crippen molar-refractivity contribution in [3.8, 4) is 0 Å². The van der Waals surface area contributed by atoms with Crippen LogP contribution in [-0.2, 0) is 13.0 Å². The Hall–Kier alpha value is -0.990. The number of furan rings is 1. The molecule has 1 heterocycles. The minimum atomic E-state index is 0.439. The Kier molecular flexibility index (Phi) is 2.72. The molecule has 2 N–H and O–H groups in total. The predicted molar refractivity (Wildman–Crippen MR) is 63.2 cm³/mol. The van der Waals surface area contributed by atoms with Crippen LogP contribution in [0.2, 0.25) is 5.02 Å². The molecule has 0 radical (unpaired) electrons. The highest BCUT2D eigenvalue weighted by Gasteiger charge is 2.13. The molecule has 3 heteroatoms. The smallest absolute Gasteiger partial charge is 0.137 e. The van der Waals surface area contributed by atoms with Crippen LogP contribution in [0.1, 0.15) is 23.8 Å². The third-order valence-corrected chi connectivity index (χ3v) is 2.88. The number of hydrogen-bond acceptors (Lipinski definition) is 2. The highest BCUT2D eigenvalue weighted by atomic mass is 35.5. The van der Waals surface area contributed by atoms with Crippen molar-refractivity contribution in [1.29, 1.82) is 0 Å². The fourth-order valence-electron chi connectivity index (χ4n) is 1.98. The lowest BCUT2D eigenvalue weighted by molar-refractivity contribution is 0.544. The molecule has 0 atom stereocenters. The summed E-state index contributed by atoms with van der Waals surface area (Å²) in [4.78, 5) is 0. The van der Waals surface area contributed by atoms with E-state index in [1.165, 1.54) is 5.56 Å². The van der Waals surface area contributed by atoms with E-state index in [2.05, 4.69) is 6.92 Å². The van der Waals surface area contributed by atoms with E-state index in [1.807, 2.05) is 19.1 Å².